The van der Waals surface area contributed by atoms with Crippen LogP contribution in [0.25, 0.3) is 0 Å². The zero-order valence-electron chi connectivity index (χ0n) is 6.42. The predicted molar refractivity (Wildman–Crippen MR) is 40.8 cm³/mol. The second-order valence-corrected chi connectivity index (χ2v) is 2.27. The molecule has 3 heteroatoms. The third kappa shape index (κ3) is 2.44. The lowest BCUT2D eigenvalue weighted by atomic mass is 10.4. The fraction of sp³-hybridized carbons (Fsp3) is 0.375. The van der Waals surface area contributed by atoms with Crippen molar-refractivity contribution in [2.24, 2.45) is 0 Å². The van der Waals surface area contributed by atoms with Crippen molar-refractivity contribution >= 4 is 0 Å². The Morgan fingerprint density at radius 1 is 1.64 bits per heavy atom. The summed E-state index contributed by atoms with van der Waals surface area (Å²) in [7, 11) is 0. The number of aryl methyl sites for hydroxylation is 1. The summed E-state index contributed by atoms with van der Waals surface area (Å²) < 4.78 is 5.26. The number of nitrogens with one attached hydrogen (secondary N) is 1. The molecule has 0 fully saturated rings. The van der Waals surface area contributed by atoms with Crippen molar-refractivity contribution in [3.8, 4) is 6.07 Å². The van der Waals surface area contributed by atoms with Crippen LogP contribution in [0.3, 0.4) is 0 Å². The Morgan fingerprint density at radius 3 is 3.00 bits per heavy atom. The van der Waals surface area contributed by atoms with Gasteiger partial charge in [-0.3, -0.25) is 5.32 Å². The Balaban J connectivity index is 2.34. The van der Waals surface area contributed by atoms with Crippen molar-refractivity contribution in [3.05, 3.63) is 23.7 Å². The Labute approximate surface area is 65.6 Å². The highest BCUT2D eigenvalue weighted by atomic mass is 16.3. The molecule has 0 aliphatic carbocycles. The maximum atomic E-state index is 8.21. The molecule has 1 rings (SSSR count). The predicted octanol–water partition coefficient (Wildman–Crippen LogP) is 1.20. The fourth-order valence-corrected chi connectivity index (χ4v) is 0.822. The average Bonchev–Trinajstić information content (AvgIpc) is 2.37. The second kappa shape index (κ2) is 3.79. The molecule has 1 heterocycles. The molecule has 0 aliphatic rings. The van der Waals surface area contributed by atoms with Crippen molar-refractivity contribution in [3.63, 3.8) is 0 Å². The van der Waals surface area contributed by atoms with Crippen molar-refractivity contribution in [2.45, 2.75) is 13.5 Å². The van der Waals surface area contributed by atoms with Gasteiger partial charge < -0.3 is 4.42 Å². The summed E-state index contributed by atoms with van der Waals surface area (Å²) >= 11 is 0. The summed E-state index contributed by atoms with van der Waals surface area (Å²) in [6, 6.07) is 5.80. The average molecular weight is 150 g/mol. The van der Waals surface area contributed by atoms with Crippen LogP contribution < -0.4 is 5.32 Å². The number of hydrogen-bond acceptors (Lipinski definition) is 3. The molecule has 0 radical (unpaired) electrons. The van der Waals surface area contributed by atoms with E-state index in [1.54, 1.807) is 0 Å². The quantitative estimate of drug-likeness (QED) is 0.520. The van der Waals surface area contributed by atoms with Gasteiger partial charge in [0.1, 0.15) is 11.5 Å². The Bertz CT molecular complexity index is 259. The number of hydrogen-bond donors (Lipinski definition) is 1. The maximum Gasteiger partial charge on any atom is 0.117 e. The van der Waals surface area contributed by atoms with Gasteiger partial charge in [-0.15, -0.1) is 0 Å². The largest absolute Gasteiger partial charge is 0.465 e. The Hall–Kier alpha value is -1.27. The first-order valence-electron chi connectivity index (χ1n) is 3.46. The molecule has 0 saturated carbocycles. The lowest BCUT2D eigenvalue weighted by molar-refractivity contribution is 0.468. The molecule has 0 unspecified atom stereocenters. The molecule has 1 aromatic heterocycles. The molecule has 0 bridgehead atoms. The monoisotopic (exact) mass is 150 g/mol. The van der Waals surface area contributed by atoms with Gasteiger partial charge in [0.15, 0.2) is 0 Å². The van der Waals surface area contributed by atoms with Gasteiger partial charge in [-0.25, -0.2) is 0 Å². The molecule has 0 aromatic carbocycles. The van der Waals surface area contributed by atoms with E-state index in [0.717, 1.165) is 11.5 Å². The van der Waals surface area contributed by atoms with Crippen LogP contribution in [-0.2, 0) is 6.54 Å². The number of nitriles is 1. The van der Waals surface area contributed by atoms with E-state index in [0.29, 0.717) is 13.1 Å². The van der Waals surface area contributed by atoms with Crippen molar-refractivity contribution < 1.29 is 4.42 Å². The Morgan fingerprint density at radius 2 is 2.45 bits per heavy atom. The van der Waals surface area contributed by atoms with Gasteiger partial charge in [0.05, 0.1) is 19.2 Å². The van der Waals surface area contributed by atoms with Gasteiger partial charge >= 0.3 is 0 Å². The SMILES string of the molecule is Cc1ccc(CNCC#N)o1. The summed E-state index contributed by atoms with van der Waals surface area (Å²) in [5.74, 6) is 1.77. The maximum absolute atomic E-state index is 8.21. The van der Waals surface area contributed by atoms with Gasteiger partial charge in [-0.05, 0) is 19.1 Å². The van der Waals surface area contributed by atoms with Crippen molar-refractivity contribution in [1.29, 1.82) is 5.26 Å². The minimum Gasteiger partial charge on any atom is -0.465 e. The minimum atomic E-state index is 0.361. The van der Waals surface area contributed by atoms with E-state index in [1.165, 1.54) is 0 Å². The normalized spacial score (nSPS) is 9.45. The van der Waals surface area contributed by atoms with E-state index in [9.17, 15) is 0 Å². The van der Waals surface area contributed by atoms with Crippen LogP contribution in [0, 0.1) is 18.3 Å². The molecular weight excluding hydrogens is 140 g/mol. The zero-order chi connectivity index (χ0) is 8.10. The van der Waals surface area contributed by atoms with Crippen LogP contribution in [0.5, 0.6) is 0 Å². The minimum absolute atomic E-state index is 0.361. The molecule has 58 valence electrons. The summed E-state index contributed by atoms with van der Waals surface area (Å²) in [5, 5.41) is 11.1. The zero-order valence-corrected chi connectivity index (χ0v) is 6.42. The first-order valence-corrected chi connectivity index (χ1v) is 3.46. The highest BCUT2D eigenvalue weighted by Gasteiger charge is 1.95. The van der Waals surface area contributed by atoms with E-state index in [-0.39, 0.29) is 0 Å². The molecule has 1 N–H and O–H groups in total. The molecule has 0 aliphatic heterocycles. The van der Waals surface area contributed by atoms with Gasteiger partial charge in [-0.2, -0.15) is 5.26 Å². The molecule has 0 spiro atoms. The van der Waals surface area contributed by atoms with Crippen molar-refractivity contribution in [2.75, 3.05) is 6.54 Å². The van der Waals surface area contributed by atoms with Crippen LogP contribution in [0.4, 0.5) is 0 Å². The van der Waals surface area contributed by atoms with Crippen molar-refractivity contribution in [1.82, 2.24) is 5.32 Å². The second-order valence-electron chi connectivity index (χ2n) is 2.27. The summed E-state index contributed by atoms with van der Waals surface area (Å²) in [6.07, 6.45) is 0. The van der Waals surface area contributed by atoms with E-state index in [1.807, 2.05) is 25.1 Å². The molecule has 11 heavy (non-hydrogen) atoms. The molecule has 0 amide bonds. The smallest absolute Gasteiger partial charge is 0.117 e. The van der Waals surface area contributed by atoms with E-state index in [4.69, 9.17) is 9.68 Å². The third-order valence-corrected chi connectivity index (χ3v) is 1.30. The number of furan rings is 1. The van der Waals surface area contributed by atoms with Gasteiger partial charge in [0, 0.05) is 0 Å². The van der Waals surface area contributed by atoms with Crippen LogP contribution in [0.15, 0.2) is 16.5 Å². The molecule has 3 nitrogen and oxygen atoms in total. The standard InChI is InChI=1S/C8H10N2O/c1-7-2-3-8(11-7)6-10-5-4-9/h2-3,10H,5-6H2,1H3. The topological polar surface area (TPSA) is 49.0 Å². The fourth-order valence-electron chi connectivity index (χ4n) is 0.822. The van der Waals surface area contributed by atoms with Crippen LogP contribution in [0.2, 0.25) is 0 Å². The highest BCUT2D eigenvalue weighted by molar-refractivity contribution is 5.05. The van der Waals surface area contributed by atoms with Crippen LogP contribution in [-0.4, -0.2) is 6.54 Å². The lowest BCUT2D eigenvalue weighted by Crippen LogP contribution is -2.12. The number of rotatable bonds is 3. The first kappa shape index (κ1) is 7.83. The molecule has 1 aromatic rings. The summed E-state index contributed by atoms with van der Waals surface area (Å²) in [5.41, 5.74) is 0. The molecular formula is C8H10N2O. The van der Waals surface area contributed by atoms with Gasteiger partial charge in [0.25, 0.3) is 0 Å². The summed E-state index contributed by atoms with van der Waals surface area (Å²) in [6.45, 7) is 2.88. The Kier molecular flexibility index (Phi) is 2.70. The van der Waals surface area contributed by atoms with E-state index >= 15 is 0 Å². The lowest BCUT2D eigenvalue weighted by Gasteiger charge is -1.93. The molecule has 0 atom stereocenters. The first-order chi connectivity index (χ1) is 5.33. The third-order valence-electron chi connectivity index (χ3n) is 1.30. The van der Waals surface area contributed by atoms with Gasteiger partial charge in [0.2, 0.25) is 0 Å². The van der Waals surface area contributed by atoms with E-state index < -0.39 is 0 Å². The van der Waals surface area contributed by atoms with Crippen LogP contribution in [0.1, 0.15) is 11.5 Å². The van der Waals surface area contributed by atoms with Gasteiger partial charge in [-0.1, -0.05) is 0 Å². The molecule has 0 saturated heterocycles. The summed E-state index contributed by atoms with van der Waals surface area (Å²) in [4.78, 5) is 0. The van der Waals surface area contributed by atoms with Crippen LogP contribution >= 0.6 is 0 Å². The highest BCUT2D eigenvalue weighted by Crippen LogP contribution is 2.04. The number of nitrogens with zero attached hydrogens (tertiary/aromatic N) is 1. The van der Waals surface area contributed by atoms with E-state index in [2.05, 4.69) is 5.32 Å².